The number of nitrogens with zero attached hydrogens (tertiary/aromatic N) is 1. The number of hydrogen-bond donors (Lipinski definition) is 1. The van der Waals surface area contributed by atoms with Crippen molar-refractivity contribution in [3.05, 3.63) is 71.3 Å². The lowest BCUT2D eigenvalue weighted by atomic mass is 10.0. The molecule has 0 fully saturated rings. The second-order valence-corrected chi connectivity index (χ2v) is 6.75. The van der Waals surface area contributed by atoms with Crippen LogP contribution in [-0.2, 0) is 27.2 Å². The molecule has 6 nitrogen and oxygen atoms in total. The first-order chi connectivity index (χ1) is 14.0. The molecule has 2 aromatic carbocycles. The van der Waals surface area contributed by atoms with E-state index in [1.807, 2.05) is 38.1 Å². The van der Waals surface area contributed by atoms with Crippen LogP contribution in [0.1, 0.15) is 40.9 Å². The fourth-order valence-corrected chi connectivity index (χ4v) is 3.40. The van der Waals surface area contributed by atoms with Gasteiger partial charge in [0.15, 0.2) is 6.61 Å². The van der Waals surface area contributed by atoms with Crippen LogP contribution in [0, 0.1) is 0 Å². The summed E-state index contributed by atoms with van der Waals surface area (Å²) in [5.41, 5.74) is 4.49. The predicted molar refractivity (Wildman–Crippen MR) is 111 cm³/mol. The number of carbonyl (C=O) groups is 3. The fraction of sp³-hybridized carbons (Fsp3) is 0.261. The summed E-state index contributed by atoms with van der Waals surface area (Å²) < 4.78 is 5.09. The number of benzene rings is 2. The molecule has 0 unspecified atom stereocenters. The van der Waals surface area contributed by atoms with Crippen LogP contribution in [0.25, 0.3) is 5.70 Å². The zero-order chi connectivity index (χ0) is 21.0. The number of anilines is 1. The summed E-state index contributed by atoms with van der Waals surface area (Å²) in [7, 11) is 0. The van der Waals surface area contributed by atoms with Gasteiger partial charge in [-0.1, -0.05) is 56.8 Å². The second-order valence-electron chi connectivity index (χ2n) is 6.75. The molecule has 1 N–H and O–H groups in total. The van der Waals surface area contributed by atoms with E-state index < -0.39 is 18.5 Å². The van der Waals surface area contributed by atoms with Gasteiger partial charge in [-0.25, -0.2) is 0 Å². The fourth-order valence-electron chi connectivity index (χ4n) is 3.40. The molecule has 6 heteroatoms. The Labute approximate surface area is 170 Å². The summed E-state index contributed by atoms with van der Waals surface area (Å²) in [5.74, 6) is -1.37. The van der Waals surface area contributed by atoms with E-state index in [1.54, 1.807) is 18.2 Å². The molecule has 150 valence electrons. The molecule has 29 heavy (non-hydrogen) atoms. The Morgan fingerprint density at radius 1 is 1.00 bits per heavy atom. The summed E-state index contributed by atoms with van der Waals surface area (Å²) in [6.07, 6.45) is 1.56. The van der Waals surface area contributed by atoms with Crippen molar-refractivity contribution in [2.24, 2.45) is 0 Å². The second kappa shape index (κ2) is 8.73. The summed E-state index contributed by atoms with van der Waals surface area (Å²) in [6.45, 7) is 7.22. The molecule has 1 heterocycles. The largest absolute Gasteiger partial charge is 0.454 e. The topological polar surface area (TPSA) is 75.7 Å². The van der Waals surface area contributed by atoms with Gasteiger partial charge in [0.25, 0.3) is 11.8 Å². The number of para-hydroxylation sites is 1. The molecule has 3 rings (SSSR count). The zero-order valence-electron chi connectivity index (χ0n) is 16.7. The maximum absolute atomic E-state index is 12.4. The number of rotatable bonds is 7. The van der Waals surface area contributed by atoms with Crippen molar-refractivity contribution in [2.75, 3.05) is 18.5 Å². The van der Waals surface area contributed by atoms with Crippen molar-refractivity contribution in [1.82, 2.24) is 4.90 Å². The Balaban J connectivity index is 1.58. The quantitative estimate of drug-likeness (QED) is 0.733. The Bertz CT molecular complexity index is 923. The molecule has 0 saturated carbocycles. The Morgan fingerprint density at radius 2 is 1.62 bits per heavy atom. The third-order valence-electron chi connectivity index (χ3n) is 4.95. The zero-order valence-corrected chi connectivity index (χ0v) is 16.7. The normalized spacial score (nSPS) is 12.7. The standard InChI is InChI=1S/C23H24N2O4/c1-4-16-9-8-10-17(5-2)22(16)24-20(26)14-29-21(27)13-25-15(3)18-11-6-7-12-19(18)23(25)28/h6-12H,3-5,13-14H2,1-2H3,(H,24,26). The van der Waals surface area contributed by atoms with E-state index in [0.717, 1.165) is 29.7 Å². The van der Waals surface area contributed by atoms with Crippen molar-refractivity contribution in [2.45, 2.75) is 26.7 Å². The molecule has 0 aromatic heterocycles. The van der Waals surface area contributed by atoms with Gasteiger partial charge in [0.2, 0.25) is 0 Å². The highest BCUT2D eigenvalue weighted by molar-refractivity contribution is 6.10. The Hall–Kier alpha value is -3.41. The molecule has 0 spiro atoms. The van der Waals surface area contributed by atoms with Crippen LogP contribution in [0.15, 0.2) is 49.0 Å². The molecule has 1 aliphatic heterocycles. The van der Waals surface area contributed by atoms with Crippen molar-refractivity contribution >= 4 is 29.2 Å². The summed E-state index contributed by atoms with van der Waals surface area (Å²) in [6, 6.07) is 12.9. The monoisotopic (exact) mass is 392 g/mol. The van der Waals surface area contributed by atoms with E-state index in [4.69, 9.17) is 4.74 Å². The van der Waals surface area contributed by atoms with E-state index in [2.05, 4.69) is 11.9 Å². The summed E-state index contributed by atoms with van der Waals surface area (Å²) in [5, 5.41) is 2.85. The van der Waals surface area contributed by atoms with Gasteiger partial charge in [0.05, 0.1) is 0 Å². The SMILES string of the molecule is C=C1c2ccccc2C(=O)N1CC(=O)OCC(=O)Nc1c(CC)cccc1CC. The van der Waals surface area contributed by atoms with Gasteiger partial charge in [-0.2, -0.15) is 0 Å². The van der Waals surface area contributed by atoms with Crippen LogP contribution in [0.3, 0.4) is 0 Å². The Morgan fingerprint density at radius 3 is 2.21 bits per heavy atom. The van der Waals surface area contributed by atoms with Crippen molar-refractivity contribution < 1.29 is 19.1 Å². The van der Waals surface area contributed by atoms with Crippen LogP contribution < -0.4 is 5.32 Å². The van der Waals surface area contributed by atoms with Gasteiger partial charge >= 0.3 is 5.97 Å². The number of amides is 2. The number of nitrogens with one attached hydrogen (secondary N) is 1. The van der Waals surface area contributed by atoms with Crippen LogP contribution in [-0.4, -0.2) is 35.8 Å². The minimum atomic E-state index is -0.665. The van der Waals surface area contributed by atoms with Crippen LogP contribution in [0.5, 0.6) is 0 Å². The highest BCUT2D eigenvalue weighted by Gasteiger charge is 2.32. The molecule has 0 aliphatic carbocycles. The molecular formula is C23H24N2O4. The number of ether oxygens (including phenoxy) is 1. The molecule has 0 saturated heterocycles. The number of carbonyl (C=O) groups excluding carboxylic acids is 3. The predicted octanol–water partition coefficient (Wildman–Crippen LogP) is 3.42. The minimum absolute atomic E-state index is 0.286. The van der Waals surface area contributed by atoms with Crippen LogP contribution >= 0.6 is 0 Å². The van der Waals surface area contributed by atoms with Crippen molar-refractivity contribution in [1.29, 1.82) is 0 Å². The lowest BCUT2D eigenvalue weighted by Gasteiger charge is -2.17. The highest BCUT2D eigenvalue weighted by Crippen LogP contribution is 2.30. The smallest absolute Gasteiger partial charge is 0.326 e. The van der Waals surface area contributed by atoms with E-state index in [1.165, 1.54) is 4.90 Å². The first-order valence-electron chi connectivity index (χ1n) is 9.62. The third-order valence-corrected chi connectivity index (χ3v) is 4.95. The number of hydrogen-bond acceptors (Lipinski definition) is 4. The minimum Gasteiger partial charge on any atom is -0.454 e. The molecule has 0 radical (unpaired) electrons. The number of esters is 1. The third kappa shape index (κ3) is 4.21. The Kier molecular flexibility index (Phi) is 6.12. The average molecular weight is 392 g/mol. The van der Waals surface area contributed by atoms with Gasteiger partial charge < -0.3 is 10.1 Å². The lowest BCUT2D eigenvalue weighted by molar-refractivity contribution is -0.147. The first kappa shape index (κ1) is 20.3. The van der Waals surface area contributed by atoms with E-state index in [-0.39, 0.29) is 12.5 Å². The molecule has 1 aliphatic rings. The highest BCUT2D eigenvalue weighted by atomic mass is 16.5. The maximum atomic E-state index is 12.4. The first-order valence-corrected chi connectivity index (χ1v) is 9.62. The number of fused-ring (bicyclic) bond motifs is 1. The summed E-state index contributed by atoms with van der Waals surface area (Å²) >= 11 is 0. The molecule has 2 amide bonds. The molecular weight excluding hydrogens is 368 g/mol. The summed E-state index contributed by atoms with van der Waals surface area (Å²) in [4.78, 5) is 38.2. The van der Waals surface area contributed by atoms with E-state index in [9.17, 15) is 14.4 Å². The van der Waals surface area contributed by atoms with Gasteiger partial charge in [0, 0.05) is 22.5 Å². The van der Waals surface area contributed by atoms with E-state index in [0.29, 0.717) is 16.8 Å². The maximum Gasteiger partial charge on any atom is 0.326 e. The lowest BCUT2D eigenvalue weighted by Crippen LogP contribution is -2.32. The van der Waals surface area contributed by atoms with Gasteiger partial charge in [0.1, 0.15) is 6.54 Å². The van der Waals surface area contributed by atoms with Gasteiger partial charge in [-0.3, -0.25) is 19.3 Å². The van der Waals surface area contributed by atoms with Crippen molar-refractivity contribution in [3.8, 4) is 0 Å². The van der Waals surface area contributed by atoms with Crippen LogP contribution in [0.4, 0.5) is 5.69 Å². The van der Waals surface area contributed by atoms with E-state index >= 15 is 0 Å². The van der Waals surface area contributed by atoms with Crippen LogP contribution in [0.2, 0.25) is 0 Å². The molecule has 0 atom stereocenters. The molecule has 0 bridgehead atoms. The molecule has 2 aromatic rings. The van der Waals surface area contributed by atoms with Gasteiger partial charge in [-0.05, 0) is 30.0 Å². The van der Waals surface area contributed by atoms with Crippen molar-refractivity contribution in [3.63, 3.8) is 0 Å². The average Bonchev–Trinajstić information content (AvgIpc) is 2.97. The number of aryl methyl sites for hydroxylation is 2. The van der Waals surface area contributed by atoms with Gasteiger partial charge in [-0.15, -0.1) is 0 Å².